The zero-order chi connectivity index (χ0) is 19.9. The first-order valence-electron chi connectivity index (χ1n) is 8.55. The second-order valence-corrected chi connectivity index (χ2v) is 8.19. The number of anilines is 1. The minimum atomic E-state index is -0.153. The molecule has 0 fully saturated rings. The van der Waals surface area contributed by atoms with Gasteiger partial charge in [-0.2, -0.15) is 0 Å². The van der Waals surface area contributed by atoms with Gasteiger partial charge in [-0.05, 0) is 12.5 Å². The Morgan fingerprint density at radius 2 is 1.96 bits per heavy atom. The van der Waals surface area contributed by atoms with E-state index in [-0.39, 0.29) is 24.1 Å². The summed E-state index contributed by atoms with van der Waals surface area (Å²) in [6, 6.07) is 9.54. The van der Waals surface area contributed by atoms with Gasteiger partial charge in [0.25, 0.3) is 0 Å². The molecule has 2 amide bonds. The van der Waals surface area contributed by atoms with Crippen LogP contribution in [0.5, 0.6) is 0 Å². The van der Waals surface area contributed by atoms with Crippen molar-refractivity contribution < 1.29 is 9.59 Å². The number of thioether (sulfide) groups is 1. The van der Waals surface area contributed by atoms with Crippen LogP contribution in [0.25, 0.3) is 0 Å². The van der Waals surface area contributed by atoms with Gasteiger partial charge in [0, 0.05) is 18.1 Å². The van der Waals surface area contributed by atoms with Crippen molar-refractivity contribution in [3.8, 4) is 0 Å². The van der Waals surface area contributed by atoms with Crippen molar-refractivity contribution in [2.75, 3.05) is 11.1 Å². The Morgan fingerprint density at radius 1 is 1.18 bits per heavy atom. The molecule has 0 aliphatic heterocycles. The van der Waals surface area contributed by atoms with Crippen LogP contribution in [0.4, 0.5) is 5.13 Å². The summed E-state index contributed by atoms with van der Waals surface area (Å²) in [4.78, 5) is 29.2. The molecule has 0 aliphatic rings. The van der Waals surface area contributed by atoms with E-state index in [4.69, 9.17) is 0 Å². The summed E-state index contributed by atoms with van der Waals surface area (Å²) in [7, 11) is 1.81. The molecule has 3 aromatic rings. The Morgan fingerprint density at radius 3 is 2.68 bits per heavy atom. The van der Waals surface area contributed by atoms with E-state index >= 15 is 0 Å². The number of carbonyl (C=O) groups excluding carboxylic acids is 2. The maximum Gasteiger partial charge on any atom is 0.236 e. The number of hydrogen-bond donors (Lipinski definition) is 2. The average molecular weight is 417 g/mol. The van der Waals surface area contributed by atoms with Crippen LogP contribution in [0.15, 0.2) is 41.7 Å². The highest BCUT2D eigenvalue weighted by Gasteiger charge is 2.13. The molecule has 0 spiro atoms. The largest absolute Gasteiger partial charge is 0.349 e. The van der Waals surface area contributed by atoms with Gasteiger partial charge in [-0.25, -0.2) is 4.98 Å². The van der Waals surface area contributed by atoms with E-state index in [9.17, 15) is 9.59 Å². The fourth-order valence-electron chi connectivity index (χ4n) is 2.34. The Kier molecular flexibility index (Phi) is 6.77. The highest BCUT2D eigenvalue weighted by molar-refractivity contribution is 7.99. The normalized spacial score (nSPS) is 10.6. The molecule has 2 aromatic heterocycles. The van der Waals surface area contributed by atoms with Crippen LogP contribution < -0.4 is 10.6 Å². The smallest absolute Gasteiger partial charge is 0.236 e. The third-order valence-corrected chi connectivity index (χ3v) is 5.62. The average Bonchev–Trinajstić information content (AvgIpc) is 3.24. The standard InChI is InChI=1S/C18H20N6O2S2/c1-12-9-20-17(28-12)21-16(26)11-27-18-23-22-14(24(18)2)10-19-15(25)8-13-6-4-3-5-7-13/h3-7,9H,8,10-11H2,1-2H3,(H,19,25)(H,20,21,26). The van der Waals surface area contributed by atoms with Gasteiger partial charge in [0.15, 0.2) is 16.1 Å². The van der Waals surface area contributed by atoms with Gasteiger partial charge >= 0.3 is 0 Å². The molecule has 0 aliphatic carbocycles. The third-order valence-electron chi connectivity index (χ3n) is 3.78. The van der Waals surface area contributed by atoms with Crippen LogP contribution >= 0.6 is 23.1 Å². The summed E-state index contributed by atoms with van der Waals surface area (Å²) in [6.07, 6.45) is 2.03. The van der Waals surface area contributed by atoms with Crippen LogP contribution in [0.2, 0.25) is 0 Å². The van der Waals surface area contributed by atoms with Gasteiger partial charge in [0.1, 0.15) is 0 Å². The first kappa shape index (κ1) is 20.0. The number of nitrogens with one attached hydrogen (secondary N) is 2. The van der Waals surface area contributed by atoms with Crippen LogP contribution in [0.3, 0.4) is 0 Å². The molecular formula is C18H20N6O2S2. The fourth-order valence-corrected chi connectivity index (χ4v) is 3.75. The maximum absolute atomic E-state index is 12.1. The molecule has 2 heterocycles. The summed E-state index contributed by atoms with van der Waals surface area (Å²) >= 11 is 2.71. The molecule has 0 radical (unpaired) electrons. The minimum absolute atomic E-state index is 0.0819. The van der Waals surface area contributed by atoms with Crippen LogP contribution in [-0.2, 0) is 29.6 Å². The molecule has 0 saturated carbocycles. The lowest BCUT2D eigenvalue weighted by molar-refractivity contribution is -0.120. The van der Waals surface area contributed by atoms with E-state index in [1.54, 1.807) is 10.8 Å². The Balaban J connectivity index is 1.46. The predicted octanol–water partition coefficient (Wildman–Crippen LogP) is 2.17. The minimum Gasteiger partial charge on any atom is -0.349 e. The molecule has 28 heavy (non-hydrogen) atoms. The molecule has 0 saturated heterocycles. The van der Waals surface area contributed by atoms with E-state index in [1.807, 2.05) is 44.3 Å². The van der Waals surface area contributed by atoms with E-state index in [2.05, 4.69) is 25.8 Å². The number of thiazole rings is 1. The predicted molar refractivity (Wildman–Crippen MR) is 109 cm³/mol. The van der Waals surface area contributed by atoms with Gasteiger partial charge in [0.2, 0.25) is 11.8 Å². The number of amides is 2. The van der Waals surface area contributed by atoms with Crippen molar-refractivity contribution in [3.05, 3.63) is 52.8 Å². The number of carbonyl (C=O) groups is 2. The van der Waals surface area contributed by atoms with Crippen molar-refractivity contribution in [1.29, 1.82) is 0 Å². The molecule has 2 N–H and O–H groups in total. The van der Waals surface area contributed by atoms with E-state index in [0.717, 1.165) is 10.4 Å². The van der Waals surface area contributed by atoms with Crippen molar-refractivity contribution in [1.82, 2.24) is 25.1 Å². The molecule has 8 nitrogen and oxygen atoms in total. The summed E-state index contributed by atoms with van der Waals surface area (Å²) in [6.45, 7) is 2.21. The summed E-state index contributed by atoms with van der Waals surface area (Å²) in [5, 5.41) is 15.0. The zero-order valence-electron chi connectivity index (χ0n) is 15.5. The molecule has 146 valence electrons. The molecule has 0 atom stereocenters. The number of rotatable bonds is 8. The lowest BCUT2D eigenvalue weighted by Gasteiger charge is -2.06. The third kappa shape index (κ3) is 5.64. The molecule has 1 aromatic carbocycles. The Labute approximate surface area is 170 Å². The van der Waals surface area contributed by atoms with Crippen molar-refractivity contribution >= 4 is 40.0 Å². The van der Waals surface area contributed by atoms with Gasteiger partial charge in [0.05, 0.1) is 18.7 Å². The van der Waals surface area contributed by atoms with Crippen molar-refractivity contribution in [2.45, 2.75) is 25.0 Å². The molecule has 10 heteroatoms. The van der Waals surface area contributed by atoms with Gasteiger partial charge < -0.3 is 15.2 Å². The number of nitrogens with zero attached hydrogens (tertiary/aromatic N) is 4. The van der Waals surface area contributed by atoms with E-state index in [1.165, 1.54) is 23.1 Å². The number of benzene rings is 1. The van der Waals surface area contributed by atoms with E-state index in [0.29, 0.717) is 22.5 Å². The lowest BCUT2D eigenvalue weighted by Crippen LogP contribution is -2.26. The molecule has 0 bridgehead atoms. The first-order chi connectivity index (χ1) is 13.5. The maximum atomic E-state index is 12.1. The quantitative estimate of drug-likeness (QED) is 0.546. The molecular weight excluding hydrogens is 396 g/mol. The zero-order valence-corrected chi connectivity index (χ0v) is 17.1. The lowest BCUT2D eigenvalue weighted by atomic mass is 10.1. The number of hydrogen-bond acceptors (Lipinski definition) is 7. The fraction of sp³-hybridized carbons (Fsp3) is 0.278. The molecule has 3 rings (SSSR count). The SMILES string of the molecule is Cc1cnc(NC(=O)CSc2nnc(CNC(=O)Cc3ccccc3)n2C)s1. The van der Waals surface area contributed by atoms with Crippen LogP contribution in [0, 0.1) is 6.92 Å². The summed E-state index contributed by atoms with van der Waals surface area (Å²) in [5.41, 5.74) is 0.954. The number of aryl methyl sites for hydroxylation is 1. The van der Waals surface area contributed by atoms with Gasteiger partial charge in [-0.3, -0.25) is 9.59 Å². The second kappa shape index (κ2) is 9.47. The Hall–Kier alpha value is -2.72. The van der Waals surface area contributed by atoms with Crippen LogP contribution in [0.1, 0.15) is 16.3 Å². The van der Waals surface area contributed by atoms with Crippen molar-refractivity contribution in [3.63, 3.8) is 0 Å². The first-order valence-corrected chi connectivity index (χ1v) is 10.4. The topological polar surface area (TPSA) is 102 Å². The van der Waals surface area contributed by atoms with Crippen molar-refractivity contribution in [2.24, 2.45) is 7.05 Å². The highest BCUT2D eigenvalue weighted by Crippen LogP contribution is 2.19. The second-order valence-electron chi connectivity index (χ2n) is 6.01. The monoisotopic (exact) mass is 416 g/mol. The van der Waals surface area contributed by atoms with E-state index < -0.39 is 0 Å². The molecule has 0 unspecified atom stereocenters. The highest BCUT2D eigenvalue weighted by atomic mass is 32.2. The number of aromatic nitrogens is 4. The van der Waals surface area contributed by atoms with Gasteiger partial charge in [-0.1, -0.05) is 42.1 Å². The summed E-state index contributed by atoms with van der Waals surface area (Å²) in [5.74, 6) is 0.590. The summed E-state index contributed by atoms with van der Waals surface area (Å²) < 4.78 is 1.77. The van der Waals surface area contributed by atoms with Crippen LogP contribution in [-0.4, -0.2) is 37.3 Å². The Bertz CT molecular complexity index is 954. The van der Waals surface area contributed by atoms with Gasteiger partial charge in [-0.15, -0.1) is 21.5 Å².